The molecule has 1 saturated carbocycles. The number of sulfonamides is 1. The minimum absolute atomic E-state index is 0.0837. The predicted molar refractivity (Wildman–Crippen MR) is 88.2 cm³/mol. The number of aromatic nitrogens is 1. The van der Waals surface area contributed by atoms with E-state index >= 15 is 0 Å². The van der Waals surface area contributed by atoms with E-state index in [4.69, 9.17) is 14.2 Å². The van der Waals surface area contributed by atoms with E-state index in [0.717, 1.165) is 12.7 Å². The summed E-state index contributed by atoms with van der Waals surface area (Å²) < 4.78 is 41.4. The second kappa shape index (κ2) is 6.77. The van der Waals surface area contributed by atoms with Gasteiger partial charge in [-0.25, -0.2) is 13.1 Å². The summed E-state index contributed by atoms with van der Waals surface area (Å²) >= 11 is 0. The Labute approximate surface area is 146 Å². The first-order valence-corrected chi connectivity index (χ1v) is 9.72. The summed E-state index contributed by atoms with van der Waals surface area (Å²) in [6.45, 7) is 0.553. The lowest BCUT2D eigenvalue weighted by Gasteiger charge is -2.47. The van der Waals surface area contributed by atoms with Crippen molar-refractivity contribution in [2.24, 2.45) is 5.92 Å². The van der Waals surface area contributed by atoms with Crippen LogP contribution in [0.5, 0.6) is 11.8 Å². The van der Waals surface area contributed by atoms with Crippen LogP contribution in [0.2, 0.25) is 0 Å². The van der Waals surface area contributed by atoms with Crippen LogP contribution in [0.3, 0.4) is 0 Å². The molecule has 4 atom stereocenters. The molecule has 0 radical (unpaired) electrons. The topological polar surface area (TPSA) is 116 Å². The summed E-state index contributed by atoms with van der Waals surface area (Å²) in [5.74, 6) is 0.170. The molecular weight excluding hydrogens is 350 g/mol. The largest absolute Gasteiger partial charge is 0.481 e. The third-order valence-electron chi connectivity index (χ3n) is 4.52. The Balaban J connectivity index is 1.77. The van der Waals surface area contributed by atoms with Crippen molar-refractivity contribution in [1.82, 2.24) is 15.0 Å². The molecule has 1 aliphatic carbocycles. The molecule has 1 saturated heterocycles. The minimum atomic E-state index is -3.41. The first-order chi connectivity index (χ1) is 11.8. The number of hydrogen-bond acceptors (Lipinski definition) is 7. The summed E-state index contributed by atoms with van der Waals surface area (Å²) in [7, 11) is -0.530. The summed E-state index contributed by atoms with van der Waals surface area (Å²) in [6, 6.07) is 2.29. The van der Waals surface area contributed by atoms with E-state index in [9.17, 15) is 13.2 Å². The average molecular weight is 371 g/mol. The fraction of sp³-hybridized carbons (Fsp3) is 0.600. The second-order valence-electron chi connectivity index (χ2n) is 6.11. The van der Waals surface area contributed by atoms with Crippen LogP contribution >= 0.6 is 0 Å². The molecule has 1 aromatic rings. The molecule has 1 amide bonds. The summed E-state index contributed by atoms with van der Waals surface area (Å²) in [6.07, 6.45) is 1.65. The molecule has 10 heteroatoms. The molecule has 25 heavy (non-hydrogen) atoms. The number of rotatable bonds is 6. The van der Waals surface area contributed by atoms with Crippen LogP contribution in [0.4, 0.5) is 0 Å². The van der Waals surface area contributed by atoms with Gasteiger partial charge in [0.15, 0.2) is 0 Å². The number of ether oxygens (including phenoxy) is 3. The Hall–Kier alpha value is -1.91. The molecule has 1 aliphatic heterocycles. The molecule has 0 unspecified atom stereocenters. The minimum Gasteiger partial charge on any atom is -0.481 e. The fourth-order valence-corrected chi connectivity index (χ4v) is 4.16. The van der Waals surface area contributed by atoms with Crippen LogP contribution in [0.1, 0.15) is 16.8 Å². The molecule has 2 aliphatic rings. The molecule has 0 spiro atoms. The van der Waals surface area contributed by atoms with Crippen molar-refractivity contribution in [2.75, 3.05) is 27.1 Å². The zero-order chi connectivity index (χ0) is 18.2. The van der Waals surface area contributed by atoms with Crippen molar-refractivity contribution in [3.8, 4) is 11.8 Å². The van der Waals surface area contributed by atoms with Gasteiger partial charge >= 0.3 is 0 Å². The van der Waals surface area contributed by atoms with Gasteiger partial charge in [-0.2, -0.15) is 4.98 Å². The zero-order valence-electron chi connectivity index (χ0n) is 14.2. The SMILES string of the molecule is COc1ccc(C(=O)N[C@H]2[C@H]3CCO[C@H]3[C@@H]2NS(C)(=O)=O)c(OC)n1. The number of nitrogens with one attached hydrogen (secondary N) is 2. The molecule has 3 rings (SSSR count). The van der Waals surface area contributed by atoms with Crippen molar-refractivity contribution in [1.29, 1.82) is 0 Å². The highest BCUT2D eigenvalue weighted by Gasteiger charge is 2.55. The van der Waals surface area contributed by atoms with Crippen LogP contribution in [-0.2, 0) is 14.8 Å². The lowest BCUT2D eigenvalue weighted by Crippen LogP contribution is -2.70. The van der Waals surface area contributed by atoms with Crippen LogP contribution in [-0.4, -0.2) is 64.6 Å². The van der Waals surface area contributed by atoms with E-state index in [1.54, 1.807) is 12.1 Å². The predicted octanol–water partition coefficient (Wildman–Crippen LogP) is -0.466. The summed E-state index contributed by atoms with van der Waals surface area (Å²) in [5.41, 5.74) is 0.253. The lowest BCUT2D eigenvalue weighted by molar-refractivity contribution is -0.0194. The molecule has 2 N–H and O–H groups in total. The van der Waals surface area contributed by atoms with Crippen molar-refractivity contribution < 1.29 is 27.4 Å². The van der Waals surface area contributed by atoms with Gasteiger partial charge in [0.1, 0.15) is 5.56 Å². The van der Waals surface area contributed by atoms with Gasteiger partial charge in [0.05, 0.1) is 38.7 Å². The summed E-state index contributed by atoms with van der Waals surface area (Å²) in [4.78, 5) is 16.7. The maximum atomic E-state index is 12.6. The molecule has 0 bridgehead atoms. The Morgan fingerprint density at radius 3 is 2.68 bits per heavy atom. The van der Waals surface area contributed by atoms with Crippen LogP contribution in [0.25, 0.3) is 0 Å². The molecule has 2 fully saturated rings. The second-order valence-corrected chi connectivity index (χ2v) is 7.89. The lowest BCUT2D eigenvalue weighted by atomic mass is 9.72. The number of amides is 1. The Morgan fingerprint density at radius 1 is 1.28 bits per heavy atom. The summed E-state index contributed by atoms with van der Waals surface area (Å²) in [5, 5.41) is 2.88. The van der Waals surface area contributed by atoms with Gasteiger partial charge in [0.25, 0.3) is 5.91 Å². The number of carbonyl (C=O) groups excluding carboxylic acids is 1. The number of pyridine rings is 1. The molecule has 1 aromatic heterocycles. The van der Waals surface area contributed by atoms with Crippen LogP contribution < -0.4 is 19.5 Å². The molecule has 138 valence electrons. The highest BCUT2D eigenvalue weighted by molar-refractivity contribution is 7.88. The van der Waals surface area contributed by atoms with E-state index in [-0.39, 0.29) is 35.4 Å². The highest BCUT2D eigenvalue weighted by Crippen LogP contribution is 2.39. The highest BCUT2D eigenvalue weighted by atomic mass is 32.2. The Kier molecular flexibility index (Phi) is 4.85. The first-order valence-electron chi connectivity index (χ1n) is 7.83. The Morgan fingerprint density at radius 2 is 2.04 bits per heavy atom. The molecule has 0 aromatic carbocycles. The van der Waals surface area contributed by atoms with E-state index in [0.29, 0.717) is 12.5 Å². The van der Waals surface area contributed by atoms with Crippen molar-refractivity contribution in [3.05, 3.63) is 17.7 Å². The molecule has 2 heterocycles. The van der Waals surface area contributed by atoms with Gasteiger partial charge in [-0.15, -0.1) is 0 Å². The number of fused-ring (bicyclic) bond motifs is 1. The van der Waals surface area contributed by atoms with Gasteiger partial charge in [-0.3, -0.25) is 4.79 Å². The monoisotopic (exact) mass is 371 g/mol. The number of carbonyl (C=O) groups is 1. The van der Waals surface area contributed by atoms with Gasteiger partial charge in [0, 0.05) is 18.6 Å². The number of methoxy groups -OCH3 is 2. The quantitative estimate of drug-likeness (QED) is 0.695. The van der Waals surface area contributed by atoms with Crippen LogP contribution in [0, 0.1) is 5.92 Å². The van der Waals surface area contributed by atoms with E-state index < -0.39 is 16.1 Å². The zero-order valence-corrected chi connectivity index (χ0v) is 15.0. The Bertz CT molecular complexity index is 769. The van der Waals surface area contributed by atoms with Crippen molar-refractivity contribution in [3.63, 3.8) is 0 Å². The van der Waals surface area contributed by atoms with Gasteiger partial charge in [0.2, 0.25) is 21.8 Å². The van der Waals surface area contributed by atoms with E-state index in [1.165, 1.54) is 14.2 Å². The smallest absolute Gasteiger partial charge is 0.257 e. The maximum absolute atomic E-state index is 12.6. The average Bonchev–Trinajstić information content (AvgIpc) is 3.01. The number of nitrogens with zero attached hydrogens (tertiary/aromatic N) is 1. The molecular formula is C15H21N3O6S. The fourth-order valence-electron chi connectivity index (χ4n) is 3.39. The van der Waals surface area contributed by atoms with E-state index in [2.05, 4.69) is 15.0 Å². The number of hydrogen-bond donors (Lipinski definition) is 2. The third kappa shape index (κ3) is 3.55. The first kappa shape index (κ1) is 17.9. The van der Waals surface area contributed by atoms with Gasteiger partial charge in [-0.05, 0) is 12.5 Å². The van der Waals surface area contributed by atoms with Gasteiger partial charge < -0.3 is 19.5 Å². The normalized spacial score (nSPS) is 28.0. The molecule has 9 nitrogen and oxygen atoms in total. The van der Waals surface area contributed by atoms with Gasteiger partial charge in [-0.1, -0.05) is 0 Å². The third-order valence-corrected chi connectivity index (χ3v) is 5.22. The standard InChI is InChI=1S/C15H21N3O6S/c1-22-10-5-4-9(15(16-10)23-2)14(19)17-11-8-6-7-24-13(8)12(11)18-25(3,20)21/h4-5,8,11-13,18H,6-7H2,1-3H3,(H,17,19)/t8-,11+,12-,13-/m1/s1. The van der Waals surface area contributed by atoms with Crippen molar-refractivity contribution in [2.45, 2.75) is 24.6 Å². The van der Waals surface area contributed by atoms with Crippen LogP contribution in [0.15, 0.2) is 12.1 Å². The van der Waals surface area contributed by atoms with Crippen molar-refractivity contribution >= 4 is 15.9 Å². The van der Waals surface area contributed by atoms with E-state index in [1.807, 2.05) is 0 Å². The maximum Gasteiger partial charge on any atom is 0.257 e.